The molecule has 8 nitrogen and oxygen atoms in total. The number of methoxy groups -OCH3 is 2. The van der Waals surface area contributed by atoms with E-state index in [1.54, 1.807) is 11.8 Å². The molecule has 1 heterocycles. The Balaban J connectivity index is 1.58. The van der Waals surface area contributed by atoms with Crippen LogP contribution in [0.25, 0.3) is 0 Å². The molecule has 8 heteroatoms. The molecule has 0 radical (unpaired) electrons. The summed E-state index contributed by atoms with van der Waals surface area (Å²) in [6, 6.07) is 7.66. The van der Waals surface area contributed by atoms with Crippen LogP contribution in [0.2, 0.25) is 0 Å². The average molecular weight is 455 g/mol. The van der Waals surface area contributed by atoms with Gasteiger partial charge in [0.2, 0.25) is 34.9 Å². The number of allylic oxidation sites excluding steroid dienone is 2. The predicted molar refractivity (Wildman–Crippen MR) is 121 cm³/mol. The zero-order valence-corrected chi connectivity index (χ0v) is 19.3. The molecule has 2 amide bonds. The number of hydrogen-bond acceptors (Lipinski definition) is 6. The highest BCUT2D eigenvalue weighted by Crippen LogP contribution is 2.28. The first-order chi connectivity index (χ1) is 15.8. The molecular formula is C25H30N2O6. The molecule has 0 aromatic heterocycles. The van der Waals surface area contributed by atoms with Gasteiger partial charge in [0, 0.05) is 43.0 Å². The molecule has 33 heavy (non-hydrogen) atoms. The fourth-order valence-corrected chi connectivity index (χ4v) is 4.26. The van der Waals surface area contributed by atoms with E-state index in [-0.39, 0.29) is 40.8 Å². The summed E-state index contributed by atoms with van der Waals surface area (Å²) in [7, 11) is 2.68. The maximum Gasteiger partial charge on any atom is 0.228 e. The van der Waals surface area contributed by atoms with Gasteiger partial charge in [-0.25, -0.2) is 0 Å². The maximum absolute atomic E-state index is 12.8. The summed E-state index contributed by atoms with van der Waals surface area (Å²) < 4.78 is 10.2. The van der Waals surface area contributed by atoms with Crippen molar-refractivity contribution in [3.63, 3.8) is 0 Å². The number of carbonyl (C=O) groups is 4. The quantitative estimate of drug-likeness (QED) is 0.600. The van der Waals surface area contributed by atoms with Crippen LogP contribution in [-0.4, -0.2) is 55.6 Å². The highest BCUT2D eigenvalue weighted by Gasteiger charge is 2.34. The molecule has 0 bridgehead atoms. The van der Waals surface area contributed by atoms with Gasteiger partial charge in [-0.1, -0.05) is 24.3 Å². The number of likely N-dealkylation sites (tertiary alicyclic amines) is 1. The van der Waals surface area contributed by atoms with E-state index in [1.807, 2.05) is 24.3 Å². The van der Waals surface area contributed by atoms with Gasteiger partial charge >= 0.3 is 0 Å². The summed E-state index contributed by atoms with van der Waals surface area (Å²) in [5.74, 6) is -1.19. The molecule has 1 aromatic rings. The summed E-state index contributed by atoms with van der Waals surface area (Å²) in [6.07, 6.45) is 2.53. The number of nitrogens with two attached hydrogens (primary N) is 1. The number of benzene rings is 1. The molecule has 0 saturated carbocycles. The van der Waals surface area contributed by atoms with Crippen LogP contribution in [-0.2, 0) is 41.5 Å². The standard InChI is InChI=1S/C25H30N2O6/c1-15-19(22(30)24(33-3)23(32-2)21(15)29)14-17-6-4-16(5-7-17)8-9-20(28)27-12-10-18(11-13-27)25(26)31/h4-7,18H,8-14H2,1-3H3,(H2,26,31). The number of ether oxygens (including phenoxy) is 2. The normalized spacial score (nSPS) is 17.5. The van der Waals surface area contributed by atoms with E-state index in [2.05, 4.69) is 0 Å². The summed E-state index contributed by atoms with van der Waals surface area (Å²) in [4.78, 5) is 50.9. The third-order valence-corrected chi connectivity index (χ3v) is 6.38. The Morgan fingerprint density at radius 3 is 2.06 bits per heavy atom. The number of primary amides is 1. The van der Waals surface area contributed by atoms with Gasteiger partial charge in [0.15, 0.2) is 0 Å². The zero-order valence-electron chi connectivity index (χ0n) is 19.3. The number of hydrogen-bond donors (Lipinski definition) is 1. The number of aryl methyl sites for hydroxylation is 1. The molecule has 0 spiro atoms. The first-order valence-electron chi connectivity index (χ1n) is 11.0. The van der Waals surface area contributed by atoms with Crippen molar-refractivity contribution >= 4 is 23.4 Å². The van der Waals surface area contributed by atoms with Gasteiger partial charge in [-0.3, -0.25) is 19.2 Å². The van der Waals surface area contributed by atoms with Crippen molar-refractivity contribution in [2.45, 2.75) is 39.0 Å². The van der Waals surface area contributed by atoms with Crippen molar-refractivity contribution in [2.75, 3.05) is 27.3 Å². The summed E-state index contributed by atoms with van der Waals surface area (Å²) in [5.41, 5.74) is 7.98. The SMILES string of the molecule is COC1=C(OC)C(=O)C(Cc2ccc(CCC(=O)N3CCC(C(N)=O)CC3)cc2)=C(C)C1=O. The van der Waals surface area contributed by atoms with Crippen LogP contribution in [0.4, 0.5) is 0 Å². The number of ketones is 2. The number of carbonyl (C=O) groups excluding carboxylic acids is 4. The average Bonchev–Trinajstić information content (AvgIpc) is 2.83. The van der Waals surface area contributed by atoms with Gasteiger partial charge in [0.25, 0.3) is 0 Å². The maximum atomic E-state index is 12.8. The van der Waals surface area contributed by atoms with Crippen molar-refractivity contribution < 1.29 is 28.7 Å². The molecule has 1 aromatic carbocycles. The molecule has 0 unspecified atom stereocenters. The van der Waals surface area contributed by atoms with Crippen molar-refractivity contribution in [1.82, 2.24) is 4.90 Å². The number of nitrogens with zero attached hydrogens (tertiary/aromatic N) is 1. The van der Waals surface area contributed by atoms with Crippen LogP contribution in [0.5, 0.6) is 0 Å². The minimum absolute atomic E-state index is 0.0670. The zero-order chi connectivity index (χ0) is 24.1. The van der Waals surface area contributed by atoms with E-state index in [9.17, 15) is 19.2 Å². The number of amides is 2. The van der Waals surface area contributed by atoms with E-state index >= 15 is 0 Å². The number of Topliss-reactive ketones (excluding diaryl/α,β-unsaturated/α-hetero) is 2. The van der Waals surface area contributed by atoms with E-state index < -0.39 is 0 Å². The molecule has 2 aliphatic rings. The molecule has 0 atom stereocenters. The lowest BCUT2D eigenvalue weighted by Gasteiger charge is -2.30. The Morgan fingerprint density at radius 1 is 0.970 bits per heavy atom. The number of rotatable bonds is 8. The fourth-order valence-electron chi connectivity index (χ4n) is 4.26. The second-order valence-electron chi connectivity index (χ2n) is 8.38. The predicted octanol–water partition coefficient (Wildman–Crippen LogP) is 1.86. The van der Waals surface area contributed by atoms with Crippen LogP contribution >= 0.6 is 0 Å². The van der Waals surface area contributed by atoms with Gasteiger partial charge in [0.05, 0.1) is 14.2 Å². The molecule has 1 aliphatic carbocycles. The van der Waals surface area contributed by atoms with E-state index in [4.69, 9.17) is 15.2 Å². The lowest BCUT2D eigenvalue weighted by molar-refractivity contribution is -0.134. The molecule has 1 fully saturated rings. The Kier molecular flexibility index (Phi) is 7.68. The van der Waals surface area contributed by atoms with Crippen LogP contribution in [0.1, 0.15) is 37.3 Å². The molecule has 3 rings (SSSR count). The smallest absolute Gasteiger partial charge is 0.228 e. The second kappa shape index (κ2) is 10.5. The van der Waals surface area contributed by atoms with Crippen molar-refractivity contribution in [3.05, 3.63) is 58.1 Å². The summed E-state index contributed by atoms with van der Waals surface area (Å²) in [5, 5.41) is 0. The van der Waals surface area contributed by atoms with Gasteiger partial charge in [-0.05, 0) is 37.3 Å². The monoisotopic (exact) mass is 454 g/mol. The van der Waals surface area contributed by atoms with Gasteiger partial charge in [0.1, 0.15) is 0 Å². The van der Waals surface area contributed by atoms with Crippen molar-refractivity contribution in [3.8, 4) is 0 Å². The van der Waals surface area contributed by atoms with Crippen molar-refractivity contribution in [2.24, 2.45) is 11.7 Å². The fraction of sp³-hybridized carbons (Fsp3) is 0.440. The summed E-state index contributed by atoms with van der Waals surface area (Å²) >= 11 is 0. The third kappa shape index (κ3) is 5.32. The van der Waals surface area contributed by atoms with Gasteiger partial charge in [-0.15, -0.1) is 0 Å². The van der Waals surface area contributed by atoms with Crippen LogP contribution in [0.15, 0.2) is 46.9 Å². The van der Waals surface area contributed by atoms with Gasteiger partial charge < -0.3 is 20.1 Å². The highest BCUT2D eigenvalue weighted by molar-refractivity contribution is 6.23. The highest BCUT2D eigenvalue weighted by atomic mass is 16.5. The molecule has 1 saturated heterocycles. The second-order valence-corrected chi connectivity index (χ2v) is 8.38. The molecular weight excluding hydrogens is 424 g/mol. The summed E-state index contributed by atoms with van der Waals surface area (Å²) in [6.45, 7) is 2.75. The largest absolute Gasteiger partial charge is 0.489 e. The van der Waals surface area contributed by atoms with Crippen LogP contribution in [0, 0.1) is 5.92 Å². The van der Waals surface area contributed by atoms with Crippen LogP contribution < -0.4 is 5.73 Å². The Bertz CT molecular complexity index is 1010. The topological polar surface area (TPSA) is 116 Å². The lowest BCUT2D eigenvalue weighted by atomic mass is 9.88. The van der Waals surface area contributed by atoms with Crippen molar-refractivity contribution in [1.29, 1.82) is 0 Å². The Labute approximate surface area is 193 Å². The molecule has 176 valence electrons. The third-order valence-electron chi connectivity index (χ3n) is 6.38. The Morgan fingerprint density at radius 2 is 1.52 bits per heavy atom. The Hall–Kier alpha value is -3.42. The van der Waals surface area contributed by atoms with Crippen LogP contribution in [0.3, 0.4) is 0 Å². The van der Waals surface area contributed by atoms with E-state index in [0.29, 0.717) is 56.3 Å². The minimum Gasteiger partial charge on any atom is -0.489 e. The first-order valence-corrected chi connectivity index (χ1v) is 11.0. The van der Waals surface area contributed by atoms with Gasteiger partial charge in [-0.2, -0.15) is 0 Å². The van der Waals surface area contributed by atoms with E-state index in [1.165, 1.54) is 14.2 Å². The number of piperidine rings is 1. The minimum atomic E-state index is -0.348. The lowest BCUT2D eigenvalue weighted by Crippen LogP contribution is -2.41. The first kappa shape index (κ1) is 24.2. The molecule has 1 aliphatic heterocycles. The molecule has 2 N–H and O–H groups in total. The van der Waals surface area contributed by atoms with E-state index in [0.717, 1.165) is 11.1 Å².